The highest BCUT2D eigenvalue weighted by Gasteiger charge is 2.12. The van der Waals surface area contributed by atoms with E-state index in [0.29, 0.717) is 0 Å². The van der Waals surface area contributed by atoms with Crippen LogP contribution in [0.25, 0.3) is 0 Å². The zero-order valence-electron chi connectivity index (χ0n) is 7.64. The number of nitrogens with one attached hydrogen (secondary N) is 1. The number of nitrogens with zero attached hydrogens (tertiary/aromatic N) is 1. The van der Waals surface area contributed by atoms with E-state index >= 15 is 0 Å². The maximum Gasteiger partial charge on any atom is 0.352 e. The van der Waals surface area contributed by atoms with E-state index in [1.807, 2.05) is 5.32 Å². The number of urea groups is 1. The minimum atomic E-state index is -1.15. The van der Waals surface area contributed by atoms with Gasteiger partial charge in [0.05, 0.1) is 0 Å². The molecule has 1 aromatic rings. The topological polar surface area (TPSA) is 114 Å². The van der Waals surface area contributed by atoms with Crippen molar-refractivity contribution < 1.29 is 19.5 Å². The van der Waals surface area contributed by atoms with Gasteiger partial charge in [0.15, 0.2) is 0 Å². The van der Waals surface area contributed by atoms with Crippen molar-refractivity contribution in [3.63, 3.8) is 0 Å². The lowest BCUT2D eigenvalue weighted by molar-refractivity contribution is -0.120. The lowest BCUT2D eigenvalue weighted by atomic mass is 10.4. The molecule has 80 valence electrons. The van der Waals surface area contributed by atoms with Gasteiger partial charge >= 0.3 is 12.0 Å². The van der Waals surface area contributed by atoms with Crippen LogP contribution in [0.15, 0.2) is 18.3 Å². The third-order valence-corrected chi connectivity index (χ3v) is 1.63. The molecule has 0 bridgehead atoms. The molecule has 0 saturated carbocycles. The molecule has 3 amide bonds. The Balaban J connectivity index is 2.72. The van der Waals surface area contributed by atoms with Crippen molar-refractivity contribution in [1.82, 2.24) is 9.88 Å². The van der Waals surface area contributed by atoms with Crippen LogP contribution in [0.4, 0.5) is 4.79 Å². The van der Waals surface area contributed by atoms with E-state index in [-0.39, 0.29) is 12.2 Å². The van der Waals surface area contributed by atoms with Crippen LogP contribution in [-0.4, -0.2) is 27.6 Å². The van der Waals surface area contributed by atoms with Gasteiger partial charge in [-0.1, -0.05) is 0 Å². The van der Waals surface area contributed by atoms with E-state index in [4.69, 9.17) is 10.8 Å². The summed E-state index contributed by atoms with van der Waals surface area (Å²) in [5.74, 6) is -1.81. The average Bonchev–Trinajstić information content (AvgIpc) is 2.50. The second-order valence-corrected chi connectivity index (χ2v) is 2.74. The number of rotatable bonds is 3. The normalized spacial score (nSPS) is 9.60. The molecule has 0 fully saturated rings. The second kappa shape index (κ2) is 4.27. The van der Waals surface area contributed by atoms with Crippen LogP contribution < -0.4 is 11.1 Å². The minimum Gasteiger partial charge on any atom is -0.477 e. The third kappa shape index (κ3) is 2.83. The molecule has 0 aliphatic heterocycles. The third-order valence-electron chi connectivity index (χ3n) is 1.63. The van der Waals surface area contributed by atoms with E-state index < -0.39 is 17.9 Å². The molecule has 15 heavy (non-hydrogen) atoms. The first-order chi connectivity index (χ1) is 7.00. The number of hydrogen-bond acceptors (Lipinski definition) is 3. The maximum absolute atomic E-state index is 11.1. The van der Waals surface area contributed by atoms with Crippen LogP contribution in [0, 0.1) is 0 Å². The molecule has 7 nitrogen and oxygen atoms in total. The molecule has 0 radical (unpaired) electrons. The van der Waals surface area contributed by atoms with Crippen molar-refractivity contribution in [3.05, 3.63) is 24.0 Å². The Labute approximate surface area is 84.5 Å². The molecule has 0 saturated heterocycles. The molecular formula is C8H9N3O4. The van der Waals surface area contributed by atoms with E-state index in [2.05, 4.69) is 0 Å². The van der Waals surface area contributed by atoms with Crippen LogP contribution in [0.1, 0.15) is 10.5 Å². The van der Waals surface area contributed by atoms with Gasteiger partial charge in [-0.05, 0) is 12.1 Å². The zero-order valence-corrected chi connectivity index (χ0v) is 7.64. The lowest BCUT2D eigenvalue weighted by Crippen LogP contribution is -2.37. The largest absolute Gasteiger partial charge is 0.477 e. The first-order valence-corrected chi connectivity index (χ1v) is 3.98. The predicted molar refractivity (Wildman–Crippen MR) is 49.1 cm³/mol. The number of imide groups is 1. The number of nitrogens with two attached hydrogens (primary N) is 1. The molecular weight excluding hydrogens is 202 g/mol. The molecule has 7 heteroatoms. The molecule has 1 aromatic heterocycles. The van der Waals surface area contributed by atoms with Gasteiger partial charge in [0.2, 0.25) is 5.91 Å². The number of carbonyl (C=O) groups excluding carboxylic acids is 2. The van der Waals surface area contributed by atoms with Gasteiger partial charge in [0, 0.05) is 6.20 Å². The number of primary amides is 1. The first-order valence-electron chi connectivity index (χ1n) is 3.98. The van der Waals surface area contributed by atoms with E-state index in [1.54, 1.807) is 0 Å². The van der Waals surface area contributed by atoms with Crippen LogP contribution in [0.5, 0.6) is 0 Å². The minimum absolute atomic E-state index is 0.0328. The summed E-state index contributed by atoms with van der Waals surface area (Å²) in [5, 5.41) is 10.5. The number of aromatic nitrogens is 1. The Morgan fingerprint density at radius 1 is 1.47 bits per heavy atom. The summed E-state index contributed by atoms with van der Waals surface area (Å²) in [7, 11) is 0. The van der Waals surface area contributed by atoms with Crippen molar-refractivity contribution in [1.29, 1.82) is 0 Å². The molecule has 0 aliphatic carbocycles. The van der Waals surface area contributed by atoms with Crippen molar-refractivity contribution in [2.24, 2.45) is 5.73 Å². The SMILES string of the molecule is NC(=O)NC(=O)Cn1cccc1C(=O)O. The summed E-state index contributed by atoms with van der Waals surface area (Å²) in [6.45, 7) is -0.266. The quantitative estimate of drug-likeness (QED) is 0.618. The number of hydrogen-bond donors (Lipinski definition) is 3. The smallest absolute Gasteiger partial charge is 0.352 e. The molecule has 0 aliphatic rings. The number of aromatic carboxylic acids is 1. The summed E-state index contributed by atoms with van der Waals surface area (Å²) in [6, 6.07) is 1.87. The Morgan fingerprint density at radius 3 is 2.67 bits per heavy atom. The highest BCUT2D eigenvalue weighted by molar-refractivity contribution is 5.94. The Kier molecular flexibility index (Phi) is 3.06. The summed E-state index contributed by atoms with van der Waals surface area (Å²) in [5.41, 5.74) is 4.69. The second-order valence-electron chi connectivity index (χ2n) is 2.74. The fourth-order valence-electron chi connectivity index (χ4n) is 1.08. The van der Waals surface area contributed by atoms with Gasteiger partial charge in [-0.2, -0.15) is 0 Å². The van der Waals surface area contributed by atoms with Crippen LogP contribution >= 0.6 is 0 Å². The highest BCUT2D eigenvalue weighted by atomic mass is 16.4. The molecule has 0 unspecified atom stereocenters. The fourth-order valence-corrected chi connectivity index (χ4v) is 1.08. The molecule has 1 rings (SSSR count). The fraction of sp³-hybridized carbons (Fsp3) is 0.125. The van der Waals surface area contributed by atoms with Gasteiger partial charge in [0.25, 0.3) is 0 Å². The molecule has 1 heterocycles. The first kappa shape index (κ1) is 10.8. The maximum atomic E-state index is 11.1. The zero-order chi connectivity index (χ0) is 11.4. The number of carboxylic acid groups (broad SMARTS) is 1. The van der Waals surface area contributed by atoms with Gasteiger partial charge in [-0.25, -0.2) is 9.59 Å². The van der Waals surface area contributed by atoms with Crippen molar-refractivity contribution in [3.8, 4) is 0 Å². The van der Waals surface area contributed by atoms with Gasteiger partial charge in [0.1, 0.15) is 12.2 Å². The molecule has 0 atom stereocenters. The average molecular weight is 211 g/mol. The van der Waals surface area contributed by atoms with Crippen LogP contribution in [0.3, 0.4) is 0 Å². The van der Waals surface area contributed by atoms with Crippen molar-refractivity contribution in [2.45, 2.75) is 6.54 Å². The number of amides is 3. The van der Waals surface area contributed by atoms with Gasteiger partial charge in [-0.3, -0.25) is 10.1 Å². The number of carbonyl (C=O) groups is 3. The van der Waals surface area contributed by atoms with E-state index in [1.165, 1.54) is 22.9 Å². The number of carboxylic acids is 1. The Bertz CT molecular complexity index is 410. The Morgan fingerprint density at radius 2 is 2.13 bits per heavy atom. The summed E-state index contributed by atoms with van der Waals surface area (Å²) < 4.78 is 1.20. The molecule has 4 N–H and O–H groups in total. The highest BCUT2D eigenvalue weighted by Crippen LogP contribution is 2.01. The summed E-state index contributed by atoms with van der Waals surface area (Å²) in [4.78, 5) is 32.0. The summed E-state index contributed by atoms with van der Waals surface area (Å²) >= 11 is 0. The van der Waals surface area contributed by atoms with Crippen molar-refractivity contribution >= 4 is 17.9 Å². The lowest BCUT2D eigenvalue weighted by Gasteiger charge is -2.04. The predicted octanol–water partition coefficient (Wildman–Crippen LogP) is -0.619. The Hall–Kier alpha value is -2.31. The molecule has 0 spiro atoms. The van der Waals surface area contributed by atoms with Gasteiger partial charge in [-0.15, -0.1) is 0 Å². The van der Waals surface area contributed by atoms with Gasteiger partial charge < -0.3 is 15.4 Å². The standard InChI is InChI=1S/C8H9N3O4/c9-8(15)10-6(12)4-11-3-1-2-5(11)7(13)14/h1-3H,4H2,(H,13,14)(H3,9,10,12,15). The van der Waals surface area contributed by atoms with E-state index in [0.717, 1.165) is 0 Å². The van der Waals surface area contributed by atoms with Crippen LogP contribution in [-0.2, 0) is 11.3 Å². The monoisotopic (exact) mass is 211 g/mol. The molecule has 0 aromatic carbocycles. The van der Waals surface area contributed by atoms with Crippen LogP contribution in [0.2, 0.25) is 0 Å². The summed E-state index contributed by atoms with van der Waals surface area (Å²) in [6.07, 6.45) is 1.42. The van der Waals surface area contributed by atoms with E-state index in [9.17, 15) is 14.4 Å². The van der Waals surface area contributed by atoms with Crippen molar-refractivity contribution in [2.75, 3.05) is 0 Å².